The Hall–Kier alpha value is -3.26. The predicted molar refractivity (Wildman–Crippen MR) is 117 cm³/mol. The molecule has 4 rings (SSSR count). The second-order valence-corrected chi connectivity index (χ2v) is 8.20. The fraction of sp³-hybridized carbons (Fsp3) is 0.273. The monoisotopic (exact) mass is 440 g/mol. The summed E-state index contributed by atoms with van der Waals surface area (Å²) in [5, 5.41) is 15.7. The highest BCUT2D eigenvalue weighted by molar-refractivity contribution is 6.30. The van der Waals surface area contributed by atoms with Crippen molar-refractivity contribution >= 4 is 29.2 Å². The number of rotatable bonds is 6. The number of nitrogens with zero attached hydrogens (tertiary/aromatic N) is 5. The van der Waals surface area contributed by atoms with Gasteiger partial charge >= 0.3 is 0 Å². The quantitative estimate of drug-likeness (QED) is 0.632. The molecule has 1 N–H and O–H groups in total. The average molecular weight is 441 g/mol. The van der Waals surface area contributed by atoms with Crippen LogP contribution in [0, 0.1) is 11.7 Å². The second kappa shape index (κ2) is 8.85. The smallest absolute Gasteiger partial charge is 0.251 e. The summed E-state index contributed by atoms with van der Waals surface area (Å²) in [6.45, 7) is 4.70. The Morgan fingerprint density at radius 3 is 2.55 bits per heavy atom. The lowest BCUT2D eigenvalue weighted by Crippen LogP contribution is -2.41. The molecule has 0 unspecified atom stereocenters. The maximum atomic E-state index is 13.5. The standard InChI is InChI=1S/C22H22ClFN6O/c1-14(2)12-25-21(31)13-29-19(15-3-7-17(23)8-4-15)11-20(30-22(29)26-27-28-30)16-5-9-18(24)10-6-16/h3-11,14,20H,12-13H2,1-2H3,(H,25,31)/t20-/m1/s1. The molecule has 9 heteroatoms. The van der Waals surface area contributed by atoms with Crippen molar-refractivity contribution in [2.24, 2.45) is 5.92 Å². The third-order valence-electron chi connectivity index (χ3n) is 4.95. The first-order valence-corrected chi connectivity index (χ1v) is 10.4. The van der Waals surface area contributed by atoms with E-state index < -0.39 is 0 Å². The SMILES string of the molecule is CC(C)CNC(=O)CN1C(c2ccc(Cl)cc2)=C[C@H](c2ccc(F)cc2)n2nnnc21. The van der Waals surface area contributed by atoms with Crippen LogP contribution in [0.15, 0.2) is 54.6 Å². The molecule has 0 saturated heterocycles. The van der Waals surface area contributed by atoms with Crippen LogP contribution in [0.1, 0.15) is 31.0 Å². The summed E-state index contributed by atoms with van der Waals surface area (Å²) >= 11 is 6.08. The molecule has 2 aromatic carbocycles. The van der Waals surface area contributed by atoms with Gasteiger partial charge in [-0.1, -0.05) is 54.8 Å². The molecule has 1 aliphatic rings. The van der Waals surface area contributed by atoms with Crippen molar-refractivity contribution in [2.45, 2.75) is 19.9 Å². The van der Waals surface area contributed by atoms with Gasteiger partial charge in [-0.05, 0) is 57.8 Å². The van der Waals surface area contributed by atoms with Gasteiger partial charge in [0.25, 0.3) is 5.95 Å². The van der Waals surface area contributed by atoms with E-state index in [4.69, 9.17) is 11.6 Å². The van der Waals surface area contributed by atoms with Gasteiger partial charge in [0.05, 0.1) is 5.70 Å². The van der Waals surface area contributed by atoms with Crippen LogP contribution in [0.2, 0.25) is 5.02 Å². The highest BCUT2D eigenvalue weighted by Crippen LogP contribution is 2.36. The number of carbonyl (C=O) groups excluding carboxylic acids is 1. The fourth-order valence-corrected chi connectivity index (χ4v) is 3.53. The third-order valence-corrected chi connectivity index (χ3v) is 5.20. The number of tetrazole rings is 1. The number of allylic oxidation sites excluding steroid dienone is 1. The zero-order chi connectivity index (χ0) is 22.0. The van der Waals surface area contributed by atoms with Gasteiger partial charge < -0.3 is 5.32 Å². The minimum absolute atomic E-state index is 0.0533. The number of benzene rings is 2. The highest BCUT2D eigenvalue weighted by atomic mass is 35.5. The Kier molecular flexibility index (Phi) is 5.99. The first-order valence-electron chi connectivity index (χ1n) is 9.97. The number of anilines is 1. The van der Waals surface area contributed by atoms with E-state index >= 15 is 0 Å². The normalized spacial score (nSPS) is 15.6. The molecule has 1 aromatic heterocycles. The molecule has 1 atom stereocenters. The third kappa shape index (κ3) is 4.59. The maximum absolute atomic E-state index is 13.5. The molecule has 0 aliphatic carbocycles. The van der Waals surface area contributed by atoms with Crippen molar-refractivity contribution in [3.63, 3.8) is 0 Å². The van der Waals surface area contributed by atoms with Gasteiger partial charge in [0, 0.05) is 11.6 Å². The van der Waals surface area contributed by atoms with Gasteiger partial charge in [-0.2, -0.15) is 4.68 Å². The van der Waals surface area contributed by atoms with Crippen molar-refractivity contribution < 1.29 is 9.18 Å². The topological polar surface area (TPSA) is 75.9 Å². The van der Waals surface area contributed by atoms with E-state index in [0.29, 0.717) is 23.4 Å². The molecular weight excluding hydrogens is 419 g/mol. The molecule has 1 amide bonds. The zero-order valence-corrected chi connectivity index (χ0v) is 17.9. The lowest BCUT2D eigenvalue weighted by Gasteiger charge is -2.32. The van der Waals surface area contributed by atoms with Crippen molar-refractivity contribution in [3.05, 3.63) is 76.6 Å². The molecule has 0 radical (unpaired) electrons. The summed E-state index contributed by atoms with van der Waals surface area (Å²) in [5.74, 6) is 0.316. The lowest BCUT2D eigenvalue weighted by atomic mass is 10.0. The molecule has 1 aliphatic heterocycles. The van der Waals surface area contributed by atoms with E-state index in [1.54, 1.807) is 33.8 Å². The molecule has 0 saturated carbocycles. The summed E-state index contributed by atoms with van der Waals surface area (Å²) < 4.78 is 15.1. The molecule has 0 fully saturated rings. The Labute approximate surface area is 184 Å². The minimum atomic E-state index is -0.355. The van der Waals surface area contributed by atoms with E-state index in [1.165, 1.54) is 12.1 Å². The van der Waals surface area contributed by atoms with Crippen molar-refractivity contribution in [1.29, 1.82) is 0 Å². The van der Waals surface area contributed by atoms with Gasteiger partial charge in [-0.15, -0.1) is 0 Å². The molecule has 3 aromatic rings. The Balaban J connectivity index is 1.76. The second-order valence-electron chi connectivity index (χ2n) is 7.76. The first-order chi connectivity index (χ1) is 14.9. The molecular formula is C22H22ClFN6O. The van der Waals surface area contributed by atoms with E-state index in [2.05, 4.69) is 20.8 Å². The van der Waals surface area contributed by atoms with Crippen molar-refractivity contribution in [1.82, 2.24) is 25.5 Å². The summed E-state index contributed by atoms with van der Waals surface area (Å²) in [6.07, 6.45) is 1.97. The van der Waals surface area contributed by atoms with Gasteiger partial charge in [-0.25, -0.2) is 4.39 Å². The molecule has 160 valence electrons. The number of hydrogen-bond donors (Lipinski definition) is 1. The van der Waals surface area contributed by atoms with Crippen LogP contribution in [0.4, 0.5) is 10.3 Å². The summed E-state index contributed by atoms with van der Waals surface area (Å²) in [5.41, 5.74) is 2.46. The van der Waals surface area contributed by atoms with Crippen LogP contribution in [-0.4, -0.2) is 39.2 Å². The molecule has 31 heavy (non-hydrogen) atoms. The van der Waals surface area contributed by atoms with E-state index in [0.717, 1.165) is 16.8 Å². The van der Waals surface area contributed by atoms with E-state index in [1.807, 2.05) is 32.1 Å². The Bertz CT molecular complexity index is 1090. The Morgan fingerprint density at radius 1 is 1.16 bits per heavy atom. The Morgan fingerprint density at radius 2 is 1.87 bits per heavy atom. The molecule has 2 heterocycles. The largest absolute Gasteiger partial charge is 0.354 e. The number of amides is 1. The highest BCUT2D eigenvalue weighted by Gasteiger charge is 2.31. The van der Waals surface area contributed by atoms with Gasteiger partial charge in [-0.3, -0.25) is 9.69 Å². The van der Waals surface area contributed by atoms with Crippen LogP contribution in [0.5, 0.6) is 0 Å². The molecule has 7 nitrogen and oxygen atoms in total. The summed E-state index contributed by atoms with van der Waals surface area (Å²) in [7, 11) is 0. The average Bonchev–Trinajstić information content (AvgIpc) is 3.24. The van der Waals surface area contributed by atoms with Crippen LogP contribution >= 0.6 is 11.6 Å². The summed E-state index contributed by atoms with van der Waals surface area (Å²) in [4.78, 5) is 14.4. The number of nitrogens with one attached hydrogen (secondary N) is 1. The van der Waals surface area contributed by atoms with Crippen LogP contribution in [0.3, 0.4) is 0 Å². The van der Waals surface area contributed by atoms with Gasteiger partial charge in [0.15, 0.2) is 0 Å². The summed E-state index contributed by atoms with van der Waals surface area (Å²) in [6, 6.07) is 13.2. The molecule has 0 bridgehead atoms. The number of hydrogen-bond acceptors (Lipinski definition) is 5. The number of aromatic nitrogens is 4. The van der Waals surface area contributed by atoms with Gasteiger partial charge in [0.2, 0.25) is 5.91 Å². The van der Waals surface area contributed by atoms with Crippen LogP contribution in [0.25, 0.3) is 5.70 Å². The van der Waals surface area contributed by atoms with Crippen LogP contribution in [-0.2, 0) is 4.79 Å². The van der Waals surface area contributed by atoms with E-state index in [-0.39, 0.29) is 24.3 Å². The minimum Gasteiger partial charge on any atom is -0.354 e. The zero-order valence-electron chi connectivity index (χ0n) is 17.2. The van der Waals surface area contributed by atoms with Crippen molar-refractivity contribution in [2.75, 3.05) is 18.0 Å². The molecule has 0 spiro atoms. The number of halogens is 2. The lowest BCUT2D eigenvalue weighted by molar-refractivity contribution is -0.119. The van der Waals surface area contributed by atoms with Crippen molar-refractivity contribution in [3.8, 4) is 0 Å². The van der Waals surface area contributed by atoms with E-state index in [9.17, 15) is 9.18 Å². The first kappa shape index (κ1) is 21.0. The van der Waals surface area contributed by atoms with Gasteiger partial charge in [0.1, 0.15) is 18.4 Å². The van der Waals surface area contributed by atoms with Crippen LogP contribution < -0.4 is 10.2 Å². The number of fused-ring (bicyclic) bond motifs is 1. The fourth-order valence-electron chi connectivity index (χ4n) is 3.41. The predicted octanol–water partition coefficient (Wildman–Crippen LogP) is 3.69. The number of carbonyl (C=O) groups is 1. The maximum Gasteiger partial charge on any atom is 0.251 e.